The highest BCUT2D eigenvalue weighted by molar-refractivity contribution is 6.05. The van der Waals surface area contributed by atoms with Crippen LogP contribution in [0.25, 0.3) is 0 Å². The number of halogens is 6. The summed E-state index contributed by atoms with van der Waals surface area (Å²) >= 11 is 0. The van der Waals surface area contributed by atoms with E-state index in [1.165, 1.54) is 24.5 Å². The van der Waals surface area contributed by atoms with E-state index in [2.05, 4.69) is 15.3 Å². The molecule has 312 valence electrons. The second-order valence-electron chi connectivity index (χ2n) is 12.0. The molecule has 0 spiro atoms. The Kier molecular flexibility index (Phi) is 20.7. The standard InChI is InChI=1S/C21H25F3N4O4.C15H21F3N2O2.C2H6/c1-3-5-14-16(7-6-15(19(14)31)20(25)21(22,23)24)32-9-4-8-28(2)17-12-26-13(11-27-17)10-18(29)30;1-3-5-10-12(22-9-4-8-20-2)7-6-11(13(10)21)14(19)15(16,17)18;1-2/h6-7,11-12,25,31H,3-5,8-10H2,1-2H3,(H,29,30);6-7,19-21H,3-5,8-9H2,1-2H3;1-2H3. The van der Waals surface area contributed by atoms with E-state index < -0.39 is 52.4 Å². The fourth-order valence-corrected chi connectivity index (χ4v) is 5.02. The number of anilines is 1. The summed E-state index contributed by atoms with van der Waals surface area (Å²) in [7, 11) is 3.60. The molecule has 0 atom stereocenters. The van der Waals surface area contributed by atoms with Gasteiger partial charge in [-0.1, -0.05) is 40.5 Å². The van der Waals surface area contributed by atoms with E-state index >= 15 is 0 Å². The summed E-state index contributed by atoms with van der Waals surface area (Å²) in [6.45, 7) is 9.59. The molecule has 1 heterocycles. The van der Waals surface area contributed by atoms with Gasteiger partial charge in [-0.2, -0.15) is 26.3 Å². The molecular formula is C38H52F6N6O6. The number of phenolic OH excluding ortho intramolecular Hbond substituents is 2. The van der Waals surface area contributed by atoms with Gasteiger partial charge in [-0.3, -0.25) is 20.6 Å². The van der Waals surface area contributed by atoms with Gasteiger partial charge >= 0.3 is 18.3 Å². The molecule has 6 N–H and O–H groups in total. The third-order valence-corrected chi connectivity index (χ3v) is 7.72. The van der Waals surface area contributed by atoms with E-state index in [0.717, 1.165) is 25.1 Å². The molecule has 12 nitrogen and oxygen atoms in total. The van der Waals surface area contributed by atoms with Gasteiger partial charge in [0.2, 0.25) is 0 Å². The number of ether oxygens (including phenoxy) is 2. The van der Waals surface area contributed by atoms with E-state index in [1.807, 2.05) is 34.7 Å². The van der Waals surface area contributed by atoms with Crippen LogP contribution < -0.4 is 19.7 Å². The molecule has 0 saturated carbocycles. The van der Waals surface area contributed by atoms with E-state index in [4.69, 9.17) is 25.4 Å². The predicted octanol–water partition coefficient (Wildman–Crippen LogP) is 7.89. The van der Waals surface area contributed by atoms with Gasteiger partial charge in [0, 0.05) is 35.8 Å². The van der Waals surface area contributed by atoms with Crippen LogP contribution in [0, 0.1) is 10.8 Å². The van der Waals surface area contributed by atoms with Crippen molar-refractivity contribution >= 4 is 23.2 Å². The van der Waals surface area contributed by atoms with Crippen molar-refractivity contribution in [3.05, 3.63) is 64.6 Å². The average molecular weight is 803 g/mol. The van der Waals surface area contributed by atoms with E-state index in [9.17, 15) is 41.4 Å². The largest absolute Gasteiger partial charge is 0.507 e. The maximum Gasteiger partial charge on any atom is 0.433 e. The highest BCUT2D eigenvalue weighted by Crippen LogP contribution is 2.37. The lowest BCUT2D eigenvalue weighted by atomic mass is 10.00. The summed E-state index contributed by atoms with van der Waals surface area (Å²) < 4.78 is 87.8. The smallest absolute Gasteiger partial charge is 0.433 e. The second-order valence-corrected chi connectivity index (χ2v) is 12.0. The minimum Gasteiger partial charge on any atom is -0.507 e. The van der Waals surface area contributed by atoms with Crippen LogP contribution in [0.3, 0.4) is 0 Å². The van der Waals surface area contributed by atoms with Gasteiger partial charge in [-0.05, 0) is 63.5 Å². The van der Waals surface area contributed by atoms with E-state index in [-0.39, 0.29) is 24.3 Å². The number of carboxylic acids is 1. The molecule has 0 saturated heterocycles. The van der Waals surface area contributed by atoms with Gasteiger partial charge in [0.05, 0.1) is 37.7 Å². The Labute approximate surface area is 322 Å². The fraction of sp³-hybridized carbons (Fsp3) is 0.500. The summed E-state index contributed by atoms with van der Waals surface area (Å²) in [5.41, 5.74) is -3.33. The van der Waals surface area contributed by atoms with Gasteiger partial charge < -0.3 is 35.0 Å². The Balaban J connectivity index is 0.000000571. The quantitative estimate of drug-likeness (QED) is 0.0396. The van der Waals surface area contributed by atoms with Gasteiger partial charge in [0.15, 0.2) is 0 Å². The number of benzene rings is 2. The molecule has 0 amide bonds. The first kappa shape index (κ1) is 48.9. The van der Waals surface area contributed by atoms with E-state index in [1.54, 1.807) is 11.9 Å². The predicted molar refractivity (Wildman–Crippen MR) is 202 cm³/mol. The Morgan fingerprint density at radius 2 is 1.27 bits per heavy atom. The molecule has 56 heavy (non-hydrogen) atoms. The highest BCUT2D eigenvalue weighted by atomic mass is 19.4. The van der Waals surface area contributed by atoms with Crippen molar-refractivity contribution in [1.82, 2.24) is 15.3 Å². The third kappa shape index (κ3) is 15.2. The summed E-state index contributed by atoms with van der Waals surface area (Å²) in [6, 6.07) is 4.86. The van der Waals surface area contributed by atoms with Crippen molar-refractivity contribution in [1.29, 1.82) is 10.8 Å². The van der Waals surface area contributed by atoms with Gasteiger partial charge in [-0.25, -0.2) is 4.98 Å². The molecule has 0 aliphatic carbocycles. The lowest BCUT2D eigenvalue weighted by Crippen LogP contribution is -2.23. The van der Waals surface area contributed by atoms with Crippen LogP contribution in [0.15, 0.2) is 36.7 Å². The molecule has 3 rings (SSSR count). The van der Waals surface area contributed by atoms with Crippen LogP contribution in [0.4, 0.5) is 32.2 Å². The number of aromatic nitrogens is 2. The minimum absolute atomic E-state index is 0.209. The third-order valence-electron chi connectivity index (χ3n) is 7.72. The Morgan fingerprint density at radius 1 is 0.804 bits per heavy atom. The molecule has 1 aromatic heterocycles. The first-order valence-electron chi connectivity index (χ1n) is 18.0. The van der Waals surface area contributed by atoms with Crippen LogP contribution in [-0.4, -0.2) is 95.4 Å². The normalized spacial score (nSPS) is 11.1. The maximum atomic E-state index is 12.9. The number of alkyl halides is 6. The molecule has 2 aromatic carbocycles. The van der Waals surface area contributed by atoms with Crippen molar-refractivity contribution in [2.24, 2.45) is 0 Å². The van der Waals surface area contributed by atoms with Crippen LogP contribution in [0.2, 0.25) is 0 Å². The Bertz CT molecular complexity index is 1700. The first-order chi connectivity index (χ1) is 26.4. The average Bonchev–Trinajstić information content (AvgIpc) is 3.14. The van der Waals surface area contributed by atoms with Gasteiger partial charge in [0.1, 0.15) is 40.2 Å². The molecule has 3 aromatic rings. The zero-order valence-corrected chi connectivity index (χ0v) is 32.4. The summed E-state index contributed by atoms with van der Waals surface area (Å²) in [6.07, 6.45) is -3.80. The van der Waals surface area contributed by atoms with Crippen molar-refractivity contribution in [2.45, 2.75) is 85.0 Å². The molecule has 0 bridgehead atoms. The van der Waals surface area contributed by atoms with Crippen molar-refractivity contribution in [3.8, 4) is 23.0 Å². The number of hydrogen-bond donors (Lipinski definition) is 6. The monoisotopic (exact) mass is 802 g/mol. The number of nitrogens with one attached hydrogen (secondary N) is 3. The number of aliphatic carboxylic acids is 1. The lowest BCUT2D eigenvalue weighted by Gasteiger charge is -2.19. The zero-order valence-electron chi connectivity index (χ0n) is 32.4. The van der Waals surface area contributed by atoms with Crippen molar-refractivity contribution < 1.29 is 55.9 Å². The van der Waals surface area contributed by atoms with E-state index in [0.29, 0.717) is 68.1 Å². The first-order valence-corrected chi connectivity index (χ1v) is 18.0. The van der Waals surface area contributed by atoms with Gasteiger partial charge in [-0.15, -0.1) is 0 Å². The lowest BCUT2D eigenvalue weighted by molar-refractivity contribution is -0.136. The number of carboxylic acid groups (broad SMARTS) is 1. The molecule has 0 aliphatic heterocycles. The number of phenols is 2. The number of carbonyl (C=O) groups is 1. The molecule has 18 heteroatoms. The second kappa shape index (κ2) is 23.7. The maximum absolute atomic E-state index is 12.9. The van der Waals surface area contributed by atoms with Crippen LogP contribution >= 0.6 is 0 Å². The SMILES string of the molecule is CC.CCCc1c(OCCCN(C)c2cnc(CC(=O)O)cn2)ccc(C(=N)C(F)(F)F)c1O.CCCc1c(OCCCNC)ccc(C(=N)C(F)(F)F)c1O. The number of hydrogen-bond acceptors (Lipinski definition) is 11. The topological polar surface area (TPSA) is 185 Å². The summed E-state index contributed by atoms with van der Waals surface area (Å²) in [5.74, 6) is -0.888. The summed E-state index contributed by atoms with van der Waals surface area (Å²) in [5, 5.41) is 46.6. The Hall–Kier alpha value is -5.13. The molecular weight excluding hydrogens is 750 g/mol. The highest BCUT2D eigenvalue weighted by Gasteiger charge is 2.38. The van der Waals surface area contributed by atoms with Crippen LogP contribution in [0.1, 0.15) is 81.3 Å². The van der Waals surface area contributed by atoms with Crippen LogP contribution in [0.5, 0.6) is 23.0 Å². The minimum atomic E-state index is -4.86. The Morgan fingerprint density at radius 3 is 1.64 bits per heavy atom. The number of rotatable bonds is 19. The molecule has 0 fully saturated rings. The zero-order chi connectivity index (χ0) is 42.6. The summed E-state index contributed by atoms with van der Waals surface area (Å²) in [4.78, 5) is 20.7. The van der Waals surface area contributed by atoms with Crippen LogP contribution in [-0.2, 0) is 24.1 Å². The fourth-order valence-electron chi connectivity index (χ4n) is 5.02. The van der Waals surface area contributed by atoms with Gasteiger partial charge in [0.25, 0.3) is 0 Å². The molecule has 0 aliphatic rings. The number of aromatic hydroxyl groups is 2. The molecule has 0 radical (unpaired) electrons. The van der Waals surface area contributed by atoms with Crippen molar-refractivity contribution in [2.75, 3.05) is 45.3 Å². The van der Waals surface area contributed by atoms with Crippen molar-refractivity contribution in [3.63, 3.8) is 0 Å². The molecule has 0 unspecified atom stereocenters. The number of nitrogens with zero attached hydrogens (tertiary/aromatic N) is 3.